The molecule has 5 N–H and O–H groups in total. The van der Waals surface area contributed by atoms with Gasteiger partial charge in [0.15, 0.2) is 17.5 Å². The Bertz CT molecular complexity index is 867. The lowest BCUT2D eigenvalue weighted by Gasteiger charge is -2.51. The normalized spacial score (nSPS) is 19.3. The molecule has 2 atom stereocenters. The van der Waals surface area contributed by atoms with Gasteiger partial charge in [-0.15, -0.1) is 11.3 Å². The lowest BCUT2D eigenvalue weighted by Crippen LogP contribution is -2.76. The molecule has 1 aromatic rings. The fraction of sp³-hybridized carbons (Fsp3) is 0.467. The highest BCUT2D eigenvalue weighted by molar-refractivity contribution is 7.13. The maximum absolute atomic E-state index is 12.7. The number of oxime groups is 1. The summed E-state index contributed by atoms with van der Waals surface area (Å²) in [5.74, 6) is -4.09. The Kier molecular flexibility index (Phi) is 6.38. The highest BCUT2D eigenvalue weighted by atomic mass is 32.1. The standard InChI is InChI=1S/C15H19N5O8S/c1-6(13(25)26)28-19-9(7-5-29-14(16)17-7)11(23)18-10-12(24)20(15(10,2)3)27-4-8(21)22/h5-6,10H,4H2,1-3H3,(H2,16,17)(H,18,23)(H,21,22)(H,25,26)/b19-9-/t6?,10-/m1/s1. The van der Waals surface area contributed by atoms with E-state index in [9.17, 15) is 19.2 Å². The van der Waals surface area contributed by atoms with Crippen LogP contribution in [0.4, 0.5) is 5.13 Å². The topological polar surface area (TPSA) is 194 Å². The number of nitrogens with one attached hydrogen (secondary N) is 1. The van der Waals surface area contributed by atoms with E-state index >= 15 is 0 Å². The van der Waals surface area contributed by atoms with E-state index in [-0.39, 0.29) is 16.5 Å². The number of nitrogen functional groups attached to an aromatic ring is 1. The van der Waals surface area contributed by atoms with Crippen molar-refractivity contribution in [1.82, 2.24) is 15.4 Å². The molecule has 2 amide bonds. The molecule has 0 radical (unpaired) electrons. The van der Waals surface area contributed by atoms with Crippen LogP contribution in [-0.4, -0.2) is 74.0 Å². The van der Waals surface area contributed by atoms with E-state index in [1.807, 2.05) is 0 Å². The van der Waals surface area contributed by atoms with Crippen molar-refractivity contribution in [2.75, 3.05) is 12.3 Å². The lowest BCUT2D eigenvalue weighted by molar-refractivity contribution is -0.257. The van der Waals surface area contributed by atoms with Gasteiger partial charge < -0.3 is 26.1 Å². The van der Waals surface area contributed by atoms with E-state index in [0.29, 0.717) is 0 Å². The number of anilines is 1. The summed E-state index contributed by atoms with van der Waals surface area (Å²) in [6.07, 6.45) is -1.34. The van der Waals surface area contributed by atoms with Crippen molar-refractivity contribution in [3.8, 4) is 0 Å². The zero-order chi connectivity index (χ0) is 21.9. The zero-order valence-corrected chi connectivity index (χ0v) is 16.4. The molecule has 1 aromatic heterocycles. The molecule has 1 fully saturated rings. The van der Waals surface area contributed by atoms with Crippen LogP contribution in [0.25, 0.3) is 0 Å². The number of nitrogens with zero attached hydrogens (tertiary/aromatic N) is 3. The van der Waals surface area contributed by atoms with Gasteiger partial charge in [-0.3, -0.25) is 14.4 Å². The van der Waals surface area contributed by atoms with Gasteiger partial charge in [0.25, 0.3) is 11.8 Å². The quantitative estimate of drug-likeness (QED) is 0.216. The maximum Gasteiger partial charge on any atom is 0.347 e. The Balaban J connectivity index is 2.17. The average Bonchev–Trinajstić information content (AvgIpc) is 3.05. The Morgan fingerprint density at radius 1 is 1.45 bits per heavy atom. The molecule has 2 heterocycles. The van der Waals surface area contributed by atoms with Gasteiger partial charge in [0.2, 0.25) is 6.10 Å². The van der Waals surface area contributed by atoms with Crippen molar-refractivity contribution in [3.05, 3.63) is 11.1 Å². The smallest absolute Gasteiger partial charge is 0.347 e. The molecule has 0 aliphatic carbocycles. The van der Waals surface area contributed by atoms with E-state index < -0.39 is 48.0 Å². The van der Waals surface area contributed by atoms with Gasteiger partial charge >= 0.3 is 11.9 Å². The number of hydrogen-bond donors (Lipinski definition) is 4. The van der Waals surface area contributed by atoms with Gasteiger partial charge in [0.1, 0.15) is 11.7 Å². The summed E-state index contributed by atoms with van der Waals surface area (Å²) in [6, 6.07) is -1.05. The summed E-state index contributed by atoms with van der Waals surface area (Å²) in [7, 11) is 0. The molecular weight excluding hydrogens is 410 g/mol. The molecule has 29 heavy (non-hydrogen) atoms. The minimum Gasteiger partial charge on any atom is -0.479 e. The third kappa shape index (κ3) is 4.78. The molecule has 2 rings (SSSR count). The van der Waals surface area contributed by atoms with Crippen LogP contribution in [-0.2, 0) is 28.9 Å². The highest BCUT2D eigenvalue weighted by Gasteiger charge is 2.56. The minimum absolute atomic E-state index is 0.0335. The minimum atomic E-state index is -1.34. The first kappa shape index (κ1) is 22.0. The molecule has 1 aliphatic rings. The van der Waals surface area contributed by atoms with E-state index in [4.69, 9.17) is 25.6 Å². The van der Waals surface area contributed by atoms with Gasteiger partial charge in [-0.2, -0.15) is 0 Å². The number of nitrogens with two attached hydrogens (primary N) is 1. The van der Waals surface area contributed by atoms with Crippen molar-refractivity contribution >= 4 is 45.9 Å². The predicted molar refractivity (Wildman–Crippen MR) is 97.7 cm³/mol. The molecule has 1 saturated heterocycles. The van der Waals surface area contributed by atoms with Crippen molar-refractivity contribution in [3.63, 3.8) is 0 Å². The fourth-order valence-electron chi connectivity index (χ4n) is 2.32. The van der Waals surface area contributed by atoms with Crippen LogP contribution in [0.2, 0.25) is 0 Å². The highest BCUT2D eigenvalue weighted by Crippen LogP contribution is 2.32. The molecule has 158 valence electrons. The predicted octanol–water partition coefficient (Wildman–Crippen LogP) is -0.959. The number of aliphatic carboxylic acids is 2. The summed E-state index contributed by atoms with van der Waals surface area (Å²) >= 11 is 1.02. The second kappa shape index (κ2) is 8.40. The van der Waals surface area contributed by atoms with Crippen LogP contribution in [0.5, 0.6) is 0 Å². The Morgan fingerprint density at radius 2 is 2.10 bits per heavy atom. The molecule has 14 heteroatoms. The first-order valence-electron chi connectivity index (χ1n) is 8.12. The third-order valence-corrected chi connectivity index (χ3v) is 4.57. The Hall–Kier alpha value is -3.26. The second-order valence-electron chi connectivity index (χ2n) is 6.46. The number of carbonyl (C=O) groups excluding carboxylic acids is 2. The molecule has 0 saturated carbocycles. The van der Waals surface area contributed by atoms with E-state index in [2.05, 4.69) is 15.5 Å². The van der Waals surface area contributed by atoms with Crippen LogP contribution < -0.4 is 11.1 Å². The van der Waals surface area contributed by atoms with Crippen molar-refractivity contribution in [2.24, 2.45) is 5.16 Å². The van der Waals surface area contributed by atoms with E-state index in [1.54, 1.807) is 13.8 Å². The molecule has 0 aromatic carbocycles. The van der Waals surface area contributed by atoms with Gasteiger partial charge in [-0.1, -0.05) is 5.16 Å². The number of aromatic nitrogens is 1. The lowest BCUT2D eigenvalue weighted by atomic mass is 9.84. The molecule has 1 aliphatic heterocycles. The van der Waals surface area contributed by atoms with E-state index in [0.717, 1.165) is 16.4 Å². The Labute approximate surface area is 168 Å². The number of carbonyl (C=O) groups is 4. The number of β-lactam (4-membered cyclic amide) rings is 1. The van der Waals surface area contributed by atoms with Crippen molar-refractivity contribution in [2.45, 2.75) is 38.5 Å². The van der Waals surface area contributed by atoms with Crippen molar-refractivity contribution < 1.29 is 39.1 Å². The average molecular weight is 429 g/mol. The number of hydrogen-bond acceptors (Lipinski definition) is 10. The van der Waals surface area contributed by atoms with Crippen LogP contribution in [0, 0.1) is 0 Å². The zero-order valence-electron chi connectivity index (χ0n) is 15.6. The number of rotatable bonds is 9. The van der Waals surface area contributed by atoms with Gasteiger partial charge in [0.05, 0.1) is 5.54 Å². The van der Waals surface area contributed by atoms with Crippen LogP contribution >= 0.6 is 11.3 Å². The first-order valence-corrected chi connectivity index (χ1v) is 9.00. The van der Waals surface area contributed by atoms with Crippen LogP contribution in [0.15, 0.2) is 10.5 Å². The molecule has 0 bridgehead atoms. The SMILES string of the molecule is CC(O/N=C(\C(=O)N[C@@H]1C(=O)N(OCC(=O)O)C1(C)C)c1csc(N)n1)C(=O)O. The number of carboxylic acid groups (broad SMARTS) is 2. The first-order chi connectivity index (χ1) is 13.4. The second-order valence-corrected chi connectivity index (χ2v) is 7.35. The number of thiazole rings is 1. The summed E-state index contributed by atoms with van der Waals surface area (Å²) in [5.41, 5.74) is 4.17. The largest absolute Gasteiger partial charge is 0.479 e. The summed E-state index contributed by atoms with van der Waals surface area (Å²) in [4.78, 5) is 60.1. The van der Waals surface area contributed by atoms with Crippen LogP contribution in [0.3, 0.4) is 0 Å². The Morgan fingerprint density at radius 3 is 2.59 bits per heavy atom. The molecular formula is C15H19N5O8S. The van der Waals surface area contributed by atoms with Crippen LogP contribution in [0.1, 0.15) is 26.5 Å². The fourth-order valence-corrected chi connectivity index (χ4v) is 2.87. The van der Waals surface area contributed by atoms with Gasteiger partial charge in [-0.05, 0) is 20.8 Å². The molecule has 13 nitrogen and oxygen atoms in total. The summed E-state index contributed by atoms with van der Waals surface area (Å²) in [5, 5.41) is 26.0. The number of hydroxylamine groups is 2. The van der Waals surface area contributed by atoms with Gasteiger partial charge in [0, 0.05) is 5.38 Å². The number of amides is 2. The summed E-state index contributed by atoms with van der Waals surface area (Å²) < 4.78 is 0. The third-order valence-electron chi connectivity index (χ3n) is 3.90. The van der Waals surface area contributed by atoms with E-state index in [1.165, 1.54) is 12.3 Å². The van der Waals surface area contributed by atoms with Crippen molar-refractivity contribution in [1.29, 1.82) is 0 Å². The van der Waals surface area contributed by atoms with Gasteiger partial charge in [-0.25, -0.2) is 19.6 Å². The monoisotopic (exact) mass is 429 g/mol. The molecule has 0 spiro atoms. The number of carboxylic acids is 2. The molecule has 1 unspecified atom stereocenters. The maximum atomic E-state index is 12.7. The summed E-state index contributed by atoms with van der Waals surface area (Å²) in [6.45, 7) is 3.61.